The van der Waals surface area contributed by atoms with Crippen LogP contribution in [-0.4, -0.2) is 47.2 Å². The number of likely N-dealkylation sites (tertiary alicyclic amines) is 1. The Labute approximate surface area is 112 Å². The van der Waals surface area contributed by atoms with Crippen molar-refractivity contribution in [1.82, 2.24) is 15.1 Å². The second-order valence-electron chi connectivity index (χ2n) is 5.27. The van der Waals surface area contributed by atoms with Crippen LogP contribution in [0.15, 0.2) is 4.42 Å². The number of nitrogens with two attached hydrogens (primary N) is 1. The molecule has 0 aromatic carbocycles. The predicted molar refractivity (Wildman–Crippen MR) is 70.6 cm³/mol. The SMILES string of the molecule is CC(C)c1nnc(NC(=O)CN2CCC(CN)C2)o1. The van der Waals surface area contributed by atoms with E-state index in [-0.39, 0.29) is 17.8 Å². The van der Waals surface area contributed by atoms with E-state index < -0.39 is 0 Å². The van der Waals surface area contributed by atoms with Gasteiger partial charge in [0, 0.05) is 12.5 Å². The number of nitrogens with one attached hydrogen (secondary N) is 1. The standard InChI is InChI=1S/C12H21N5O2/c1-8(2)11-15-16-12(19-11)14-10(18)7-17-4-3-9(5-13)6-17/h8-9H,3-7,13H2,1-2H3,(H,14,16,18). The van der Waals surface area contributed by atoms with E-state index in [0.29, 0.717) is 24.9 Å². The number of anilines is 1. The number of hydrogen-bond donors (Lipinski definition) is 2. The zero-order valence-electron chi connectivity index (χ0n) is 11.4. The van der Waals surface area contributed by atoms with Crippen LogP contribution in [0.1, 0.15) is 32.1 Å². The van der Waals surface area contributed by atoms with Gasteiger partial charge < -0.3 is 10.2 Å². The van der Waals surface area contributed by atoms with Crippen LogP contribution in [0.4, 0.5) is 6.01 Å². The lowest BCUT2D eigenvalue weighted by Gasteiger charge is -2.13. The highest BCUT2D eigenvalue weighted by molar-refractivity contribution is 5.90. The second-order valence-corrected chi connectivity index (χ2v) is 5.27. The van der Waals surface area contributed by atoms with Crippen LogP contribution >= 0.6 is 0 Å². The van der Waals surface area contributed by atoms with Gasteiger partial charge in [-0.15, -0.1) is 5.10 Å². The molecule has 106 valence electrons. The van der Waals surface area contributed by atoms with E-state index >= 15 is 0 Å². The molecule has 1 unspecified atom stereocenters. The Bertz CT molecular complexity index is 432. The van der Waals surface area contributed by atoms with E-state index in [4.69, 9.17) is 10.2 Å². The van der Waals surface area contributed by atoms with Crippen LogP contribution in [0, 0.1) is 5.92 Å². The van der Waals surface area contributed by atoms with E-state index in [1.807, 2.05) is 13.8 Å². The average molecular weight is 267 g/mol. The van der Waals surface area contributed by atoms with Crippen molar-refractivity contribution in [2.24, 2.45) is 11.7 Å². The minimum atomic E-state index is -0.128. The third-order valence-electron chi connectivity index (χ3n) is 3.25. The molecule has 0 spiro atoms. The molecule has 0 radical (unpaired) electrons. The summed E-state index contributed by atoms with van der Waals surface area (Å²) in [5, 5.41) is 10.3. The monoisotopic (exact) mass is 267 g/mol. The highest BCUT2D eigenvalue weighted by atomic mass is 16.4. The zero-order valence-corrected chi connectivity index (χ0v) is 11.4. The maximum Gasteiger partial charge on any atom is 0.322 e. The zero-order chi connectivity index (χ0) is 13.8. The predicted octanol–water partition coefficient (Wildman–Crippen LogP) is 0.412. The Morgan fingerprint density at radius 2 is 2.37 bits per heavy atom. The molecule has 1 fully saturated rings. The topological polar surface area (TPSA) is 97.3 Å². The number of carbonyl (C=O) groups excluding carboxylic acids is 1. The van der Waals surface area contributed by atoms with Crippen molar-refractivity contribution in [3.8, 4) is 0 Å². The van der Waals surface area contributed by atoms with Gasteiger partial charge in [0.15, 0.2) is 0 Å². The van der Waals surface area contributed by atoms with Crippen LogP contribution < -0.4 is 11.1 Å². The molecule has 2 heterocycles. The van der Waals surface area contributed by atoms with Crippen LogP contribution in [0.5, 0.6) is 0 Å². The molecule has 7 heteroatoms. The lowest BCUT2D eigenvalue weighted by atomic mass is 10.1. The molecule has 0 saturated carbocycles. The van der Waals surface area contributed by atoms with E-state index in [0.717, 1.165) is 19.5 Å². The van der Waals surface area contributed by atoms with Crippen LogP contribution in [0.25, 0.3) is 0 Å². The molecule has 1 aromatic heterocycles. The Morgan fingerprint density at radius 1 is 1.58 bits per heavy atom. The van der Waals surface area contributed by atoms with Crippen LogP contribution in [-0.2, 0) is 4.79 Å². The summed E-state index contributed by atoms with van der Waals surface area (Å²) >= 11 is 0. The molecule has 2 rings (SSSR count). The normalized spacial score (nSPS) is 20.1. The third-order valence-corrected chi connectivity index (χ3v) is 3.25. The fraction of sp³-hybridized carbons (Fsp3) is 0.750. The van der Waals surface area contributed by atoms with Crippen LogP contribution in [0.2, 0.25) is 0 Å². The summed E-state index contributed by atoms with van der Waals surface area (Å²) in [5.41, 5.74) is 5.62. The van der Waals surface area contributed by atoms with Crippen molar-refractivity contribution in [1.29, 1.82) is 0 Å². The summed E-state index contributed by atoms with van der Waals surface area (Å²) in [6.07, 6.45) is 1.06. The summed E-state index contributed by atoms with van der Waals surface area (Å²) in [4.78, 5) is 13.9. The third kappa shape index (κ3) is 3.74. The molecule has 1 amide bonds. The quantitative estimate of drug-likeness (QED) is 0.802. The highest BCUT2D eigenvalue weighted by Crippen LogP contribution is 2.16. The van der Waals surface area contributed by atoms with E-state index in [9.17, 15) is 4.79 Å². The van der Waals surface area contributed by atoms with Crippen molar-refractivity contribution < 1.29 is 9.21 Å². The Hall–Kier alpha value is -1.47. The van der Waals surface area contributed by atoms with Gasteiger partial charge in [0.05, 0.1) is 6.54 Å². The minimum absolute atomic E-state index is 0.128. The molecule has 1 aliphatic heterocycles. The lowest BCUT2D eigenvalue weighted by Crippen LogP contribution is -2.32. The molecule has 1 aliphatic rings. The van der Waals surface area contributed by atoms with Crippen molar-refractivity contribution in [3.63, 3.8) is 0 Å². The van der Waals surface area contributed by atoms with Crippen molar-refractivity contribution in [2.45, 2.75) is 26.2 Å². The minimum Gasteiger partial charge on any atom is -0.408 e. The van der Waals surface area contributed by atoms with Gasteiger partial charge in [-0.2, -0.15) is 0 Å². The number of carbonyl (C=O) groups is 1. The molecule has 0 bridgehead atoms. The fourth-order valence-corrected chi connectivity index (χ4v) is 2.13. The highest BCUT2D eigenvalue weighted by Gasteiger charge is 2.23. The van der Waals surface area contributed by atoms with Crippen molar-refractivity contribution in [2.75, 3.05) is 31.5 Å². The number of rotatable bonds is 5. The molecule has 1 atom stereocenters. The lowest BCUT2D eigenvalue weighted by molar-refractivity contribution is -0.117. The van der Waals surface area contributed by atoms with Gasteiger partial charge in [0.2, 0.25) is 11.8 Å². The smallest absolute Gasteiger partial charge is 0.322 e. The maximum atomic E-state index is 11.8. The first-order valence-electron chi connectivity index (χ1n) is 6.64. The largest absolute Gasteiger partial charge is 0.408 e. The summed E-state index contributed by atoms with van der Waals surface area (Å²) in [7, 11) is 0. The summed E-state index contributed by atoms with van der Waals surface area (Å²) in [6.45, 7) is 6.73. The molecule has 1 aromatic rings. The average Bonchev–Trinajstić information content (AvgIpc) is 2.98. The molecular weight excluding hydrogens is 246 g/mol. The number of aromatic nitrogens is 2. The Morgan fingerprint density at radius 3 is 2.95 bits per heavy atom. The fourth-order valence-electron chi connectivity index (χ4n) is 2.13. The molecule has 19 heavy (non-hydrogen) atoms. The van der Waals surface area contributed by atoms with Crippen molar-refractivity contribution in [3.05, 3.63) is 5.89 Å². The van der Waals surface area contributed by atoms with Gasteiger partial charge in [-0.1, -0.05) is 18.9 Å². The first-order valence-corrected chi connectivity index (χ1v) is 6.64. The summed E-state index contributed by atoms with van der Waals surface area (Å²) < 4.78 is 5.33. The van der Waals surface area contributed by atoms with Gasteiger partial charge >= 0.3 is 6.01 Å². The van der Waals surface area contributed by atoms with Gasteiger partial charge in [-0.25, -0.2) is 0 Å². The Balaban J connectivity index is 1.81. The number of nitrogens with zero attached hydrogens (tertiary/aromatic N) is 3. The first kappa shape index (κ1) is 14.0. The van der Waals surface area contributed by atoms with Gasteiger partial charge in [-0.05, 0) is 25.4 Å². The second kappa shape index (κ2) is 6.12. The van der Waals surface area contributed by atoms with E-state index in [2.05, 4.69) is 20.4 Å². The van der Waals surface area contributed by atoms with Crippen molar-refractivity contribution >= 4 is 11.9 Å². The molecular formula is C12H21N5O2. The van der Waals surface area contributed by atoms with E-state index in [1.54, 1.807) is 0 Å². The first-order chi connectivity index (χ1) is 9.08. The van der Waals surface area contributed by atoms with Crippen LogP contribution in [0.3, 0.4) is 0 Å². The van der Waals surface area contributed by atoms with Gasteiger partial charge in [-0.3, -0.25) is 15.0 Å². The van der Waals surface area contributed by atoms with E-state index in [1.165, 1.54) is 0 Å². The Kier molecular flexibility index (Phi) is 4.49. The summed E-state index contributed by atoms with van der Waals surface area (Å²) in [6, 6.07) is 0.170. The maximum absolute atomic E-state index is 11.8. The molecule has 1 saturated heterocycles. The van der Waals surface area contributed by atoms with Gasteiger partial charge in [0.25, 0.3) is 0 Å². The van der Waals surface area contributed by atoms with Gasteiger partial charge in [0.1, 0.15) is 0 Å². The number of amides is 1. The molecule has 0 aliphatic carbocycles. The number of hydrogen-bond acceptors (Lipinski definition) is 6. The molecule has 7 nitrogen and oxygen atoms in total. The summed E-state index contributed by atoms with van der Waals surface area (Å²) in [5.74, 6) is 1.06. The molecule has 3 N–H and O–H groups in total.